The quantitative estimate of drug-likeness (QED) is 0.720. The minimum absolute atomic E-state index is 0.233. The van der Waals surface area contributed by atoms with Gasteiger partial charge in [-0.15, -0.1) is 0 Å². The Bertz CT molecular complexity index is 210. The summed E-state index contributed by atoms with van der Waals surface area (Å²) in [4.78, 5) is 11.5. The SMILES string of the molecule is CCCN1C(=O)CCN1CC(C)(C)N. The van der Waals surface area contributed by atoms with Crippen LogP contribution in [0.2, 0.25) is 0 Å². The topological polar surface area (TPSA) is 49.6 Å². The Morgan fingerprint density at radius 2 is 2.14 bits per heavy atom. The van der Waals surface area contributed by atoms with Gasteiger partial charge in [0, 0.05) is 31.6 Å². The molecule has 1 saturated heterocycles. The number of hydrogen-bond donors (Lipinski definition) is 1. The molecule has 4 nitrogen and oxygen atoms in total. The molecule has 0 aromatic rings. The van der Waals surface area contributed by atoms with Gasteiger partial charge < -0.3 is 5.73 Å². The molecule has 0 aromatic carbocycles. The zero-order valence-corrected chi connectivity index (χ0v) is 9.42. The summed E-state index contributed by atoms with van der Waals surface area (Å²) in [6, 6.07) is 0. The van der Waals surface area contributed by atoms with Crippen molar-refractivity contribution in [1.82, 2.24) is 10.0 Å². The third kappa shape index (κ3) is 2.96. The lowest BCUT2D eigenvalue weighted by molar-refractivity contribution is -0.138. The van der Waals surface area contributed by atoms with E-state index in [1.165, 1.54) is 0 Å². The smallest absolute Gasteiger partial charge is 0.238 e. The van der Waals surface area contributed by atoms with E-state index in [1.54, 1.807) is 0 Å². The molecule has 4 heteroatoms. The van der Waals surface area contributed by atoms with E-state index in [-0.39, 0.29) is 11.4 Å². The van der Waals surface area contributed by atoms with Crippen molar-refractivity contribution in [3.05, 3.63) is 0 Å². The summed E-state index contributed by atoms with van der Waals surface area (Å²) in [5, 5.41) is 3.92. The van der Waals surface area contributed by atoms with E-state index in [4.69, 9.17) is 5.73 Å². The van der Waals surface area contributed by atoms with E-state index in [0.29, 0.717) is 6.42 Å². The monoisotopic (exact) mass is 199 g/mol. The predicted molar refractivity (Wildman–Crippen MR) is 56.5 cm³/mol. The molecular weight excluding hydrogens is 178 g/mol. The molecule has 0 aromatic heterocycles. The van der Waals surface area contributed by atoms with Gasteiger partial charge in [-0.05, 0) is 20.3 Å². The molecule has 82 valence electrons. The molecule has 0 radical (unpaired) electrons. The fourth-order valence-corrected chi connectivity index (χ4v) is 1.74. The predicted octanol–water partition coefficient (Wildman–Crippen LogP) is 0.583. The van der Waals surface area contributed by atoms with E-state index in [9.17, 15) is 4.79 Å². The van der Waals surface area contributed by atoms with Gasteiger partial charge in [-0.1, -0.05) is 6.92 Å². The maximum Gasteiger partial charge on any atom is 0.238 e. The highest BCUT2D eigenvalue weighted by atomic mass is 16.2. The number of carbonyl (C=O) groups is 1. The lowest BCUT2D eigenvalue weighted by Gasteiger charge is -2.32. The number of rotatable bonds is 4. The number of hydrogen-bond acceptors (Lipinski definition) is 3. The molecule has 1 fully saturated rings. The fourth-order valence-electron chi connectivity index (χ4n) is 1.74. The lowest BCUT2D eigenvalue weighted by atomic mass is 10.1. The van der Waals surface area contributed by atoms with Crippen LogP contribution in [0, 0.1) is 0 Å². The average molecular weight is 199 g/mol. The van der Waals surface area contributed by atoms with Crippen molar-refractivity contribution < 1.29 is 4.79 Å². The first-order valence-corrected chi connectivity index (χ1v) is 5.28. The number of carbonyl (C=O) groups excluding carboxylic acids is 1. The van der Waals surface area contributed by atoms with Crippen LogP contribution in [0.25, 0.3) is 0 Å². The van der Waals surface area contributed by atoms with Gasteiger partial charge in [-0.25, -0.2) is 5.01 Å². The second-order valence-corrected chi connectivity index (χ2v) is 4.64. The van der Waals surface area contributed by atoms with Crippen LogP contribution in [0.5, 0.6) is 0 Å². The molecule has 1 amide bonds. The van der Waals surface area contributed by atoms with Crippen molar-refractivity contribution in [2.24, 2.45) is 5.73 Å². The molecule has 0 saturated carbocycles. The Morgan fingerprint density at radius 1 is 1.50 bits per heavy atom. The van der Waals surface area contributed by atoms with E-state index in [2.05, 4.69) is 11.9 Å². The van der Waals surface area contributed by atoms with E-state index in [1.807, 2.05) is 18.9 Å². The summed E-state index contributed by atoms with van der Waals surface area (Å²) in [6.45, 7) is 8.43. The van der Waals surface area contributed by atoms with Gasteiger partial charge >= 0.3 is 0 Å². The lowest BCUT2D eigenvalue weighted by Crippen LogP contribution is -2.50. The van der Waals surface area contributed by atoms with Crippen LogP contribution in [0.1, 0.15) is 33.6 Å². The standard InChI is InChI=1S/C10H21N3O/c1-4-6-13-9(14)5-7-12(13)8-10(2,3)11/h4-8,11H2,1-3H3. The van der Waals surface area contributed by atoms with Crippen LogP contribution in [0.3, 0.4) is 0 Å². The van der Waals surface area contributed by atoms with Crippen molar-refractivity contribution in [2.45, 2.75) is 39.2 Å². The maximum atomic E-state index is 11.5. The first-order valence-electron chi connectivity index (χ1n) is 5.28. The van der Waals surface area contributed by atoms with Crippen LogP contribution < -0.4 is 5.73 Å². The highest BCUT2D eigenvalue weighted by molar-refractivity contribution is 5.77. The molecule has 14 heavy (non-hydrogen) atoms. The first kappa shape index (κ1) is 11.5. The van der Waals surface area contributed by atoms with Gasteiger partial charge in [0.05, 0.1) is 0 Å². The summed E-state index contributed by atoms with van der Waals surface area (Å²) >= 11 is 0. The van der Waals surface area contributed by atoms with Crippen LogP contribution >= 0.6 is 0 Å². The van der Waals surface area contributed by atoms with Crippen LogP contribution in [-0.4, -0.2) is 41.1 Å². The molecule has 0 bridgehead atoms. The molecule has 0 spiro atoms. The molecule has 1 rings (SSSR count). The van der Waals surface area contributed by atoms with Crippen LogP contribution in [0.15, 0.2) is 0 Å². The molecule has 0 atom stereocenters. The number of amides is 1. The molecule has 1 aliphatic rings. The molecule has 1 heterocycles. The zero-order valence-electron chi connectivity index (χ0n) is 9.42. The third-order valence-electron chi connectivity index (χ3n) is 2.24. The van der Waals surface area contributed by atoms with Crippen molar-refractivity contribution in [3.63, 3.8) is 0 Å². The normalized spacial score (nSPS) is 19.4. The fraction of sp³-hybridized carbons (Fsp3) is 0.900. The second kappa shape index (κ2) is 4.28. The van der Waals surface area contributed by atoms with Crippen molar-refractivity contribution in [3.8, 4) is 0 Å². The van der Waals surface area contributed by atoms with Gasteiger partial charge in [-0.3, -0.25) is 9.80 Å². The first-order chi connectivity index (χ1) is 6.44. The summed E-state index contributed by atoms with van der Waals surface area (Å²) in [5.74, 6) is 0.233. The second-order valence-electron chi connectivity index (χ2n) is 4.64. The Labute approximate surface area is 86.0 Å². The molecular formula is C10H21N3O. The Balaban J connectivity index is 2.56. The molecule has 0 unspecified atom stereocenters. The van der Waals surface area contributed by atoms with Gasteiger partial charge in [-0.2, -0.15) is 0 Å². The molecule has 1 aliphatic heterocycles. The van der Waals surface area contributed by atoms with Crippen molar-refractivity contribution >= 4 is 5.91 Å². The van der Waals surface area contributed by atoms with Crippen molar-refractivity contribution in [1.29, 1.82) is 0 Å². The number of hydrazine groups is 1. The zero-order chi connectivity index (χ0) is 10.8. The number of nitrogens with two attached hydrogens (primary N) is 1. The summed E-state index contributed by atoms with van der Waals surface area (Å²) in [5.41, 5.74) is 5.70. The highest BCUT2D eigenvalue weighted by Gasteiger charge is 2.30. The number of nitrogens with zero attached hydrogens (tertiary/aromatic N) is 2. The van der Waals surface area contributed by atoms with Crippen LogP contribution in [0.4, 0.5) is 0 Å². The van der Waals surface area contributed by atoms with E-state index in [0.717, 1.165) is 26.1 Å². The Kier molecular flexibility index (Phi) is 3.50. The van der Waals surface area contributed by atoms with E-state index >= 15 is 0 Å². The van der Waals surface area contributed by atoms with Gasteiger partial charge in [0.15, 0.2) is 0 Å². The largest absolute Gasteiger partial charge is 0.324 e. The summed E-state index contributed by atoms with van der Waals surface area (Å²) in [7, 11) is 0. The minimum atomic E-state index is -0.239. The van der Waals surface area contributed by atoms with E-state index < -0.39 is 0 Å². The summed E-state index contributed by atoms with van der Waals surface area (Å²) < 4.78 is 0. The molecule has 0 aliphatic carbocycles. The van der Waals surface area contributed by atoms with Crippen LogP contribution in [-0.2, 0) is 4.79 Å². The van der Waals surface area contributed by atoms with Gasteiger partial charge in [0.25, 0.3) is 0 Å². The van der Waals surface area contributed by atoms with Crippen molar-refractivity contribution in [2.75, 3.05) is 19.6 Å². The molecule has 2 N–H and O–H groups in total. The van der Waals surface area contributed by atoms with Gasteiger partial charge in [0.2, 0.25) is 5.91 Å². The Morgan fingerprint density at radius 3 is 2.64 bits per heavy atom. The third-order valence-corrected chi connectivity index (χ3v) is 2.24. The highest BCUT2D eigenvalue weighted by Crippen LogP contribution is 2.15. The average Bonchev–Trinajstić information content (AvgIpc) is 2.33. The minimum Gasteiger partial charge on any atom is -0.324 e. The Hall–Kier alpha value is -0.610. The van der Waals surface area contributed by atoms with Gasteiger partial charge in [0.1, 0.15) is 0 Å². The maximum absolute atomic E-state index is 11.5. The summed E-state index contributed by atoms with van der Waals surface area (Å²) in [6.07, 6.45) is 1.63.